The molecule has 0 aliphatic carbocycles. The molecular formula is C12H23N3O. The smallest absolute Gasteiger partial charge is 0.0726 e. The Morgan fingerprint density at radius 2 is 2.19 bits per heavy atom. The van der Waals surface area contributed by atoms with Crippen LogP contribution in [0.25, 0.3) is 0 Å². The molecule has 0 aliphatic heterocycles. The quantitative estimate of drug-likeness (QED) is 0.738. The lowest BCUT2D eigenvalue weighted by molar-refractivity contribution is 0.183. The molecule has 0 unspecified atom stereocenters. The maximum atomic E-state index is 5.01. The molecule has 0 spiro atoms. The number of anilines is 1. The topological polar surface area (TPSA) is 39.1 Å². The van der Waals surface area contributed by atoms with Crippen molar-refractivity contribution in [3.8, 4) is 0 Å². The number of rotatable bonds is 8. The predicted molar refractivity (Wildman–Crippen MR) is 66.7 cm³/mol. The fraction of sp³-hybridized carbons (Fsp3) is 0.750. The van der Waals surface area contributed by atoms with Gasteiger partial charge < -0.3 is 10.1 Å². The molecule has 1 aromatic heterocycles. The lowest BCUT2D eigenvalue weighted by atomic mass is 10.0. The summed E-state index contributed by atoms with van der Waals surface area (Å²) in [5.74, 6) is 0.752. The molecule has 0 amide bonds. The third-order valence-corrected chi connectivity index (χ3v) is 2.91. The van der Waals surface area contributed by atoms with Gasteiger partial charge in [0.2, 0.25) is 0 Å². The number of nitrogens with zero attached hydrogens (tertiary/aromatic N) is 2. The van der Waals surface area contributed by atoms with Crippen molar-refractivity contribution >= 4 is 5.69 Å². The van der Waals surface area contributed by atoms with E-state index in [1.165, 1.54) is 12.8 Å². The maximum absolute atomic E-state index is 5.01. The average molecular weight is 225 g/mol. The molecule has 0 aliphatic rings. The van der Waals surface area contributed by atoms with Crippen LogP contribution in [-0.2, 0) is 11.3 Å². The van der Waals surface area contributed by atoms with E-state index < -0.39 is 0 Å². The van der Waals surface area contributed by atoms with Crippen molar-refractivity contribution in [2.45, 2.75) is 33.2 Å². The van der Waals surface area contributed by atoms with Gasteiger partial charge in [0.15, 0.2) is 0 Å². The Morgan fingerprint density at radius 1 is 1.44 bits per heavy atom. The average Bonchev–Trinajstić information content (AvgIpc) is 2.76. The number of methoxy groups -OCH3 is 1. The number of hydrogen-bond acceptors (Lipinski definition) is 3. The zero-order valence-corrected chi connectivity index (χ0v) is 10.6. The molecule has 0 aromatic carbocycles. The first-order valence-corrected chi connectivity index (χ1v) is 6.05. The first-order chi connectivity index (χ1) is 7.80. The number of aromatic nitrogens is 2. The summed E-state index contributed by atoms with van der Waals surface area (Å²) in [6.07, 6.45) is 6.35. The summed E-state index contributed by atoms with van der Waals surface area (Å²) >= 11 is 0. The Kier molecular flexibility index (Phi) is 5.93. The highest BCUT2D eigenvalue weighted by Crippen LogP contribution is 2.10. The monoisotopic (exact) mass is 225 g/mol. The van der Waals surface area contributed by atoms with E-state index in [4.69, 9.17) is 4.74 Å². The van der Waals surface area contributed by atoms with Crippen LogP contribution in [0.4, 0.5) is 5.69 Å². The molecule has 0 saturated carbocycles. The molecule has 4 nitrogen and oxygen atoms in total. The van der Waals surface area contributed by atoms with Gasteiger partial charge in [-0.2, -0.15) is 5.10 Å². The number of nitrogens with one attached hydrogen (secondary N) is 1. The Morgan fingerprint density at radius 3 is 2.81 bits per heavy atom. The Hall–Kier alpha value is -1.03. The summed E-state index contributed by atoms with van der Waals surface area (Å²) in [5.41, 5.74) is 1.10. The Bertz CT molecular complexity index is 282. The lowest BCUT2D eigenvalue weighted by Crippen LogP contribution is -2.12. The van der Waals surface area contributed by atoms with Crippen LogP contribution in [0.15, 0.2) is 12.4 Å². The fourth-order valence-electron chi connectivity index (χ4n) is 1.60. The fourth-order valence-corrected chi connectivity index (χ4v) is 1.60. The van der Waals surface area contributed by atoms with Crippen LogP contribution in [0.1, 0.15) is 26.7 Å². The predicted octanol–water partition coefficient (Wildman–Crippen LogP) is 2.38. The molecule has 1 heterocycles. The van der Waals surface area contributed by atoms with Gasteiger partial charge in [0.25, 0.3) is 0 Å². The Labute approximate surface area is 98.0 Å². The van der Waals surface area contributed by atoms with E-state index in [2.05, 4.69) is 24.3 Å². The van der Waals surface area contributed by atoms with Crippen LogP contribution < -0.4 is 5.32 Å². The zero-order valence-electron chi connectivity index (χ0n) is 10.6. The highest BCUT2D eigenvalue weighted by Gasteiger charge is 2.03. The molecule has 0 fully saturated rings. The van der Waals surface area contributed by atoms with Gasteiger partial charge in [0.05, 0.1) is 25.0 Å². The van der Waals surface area contributed by atoms with E-state index in [-0.39, 0.29) is 0 Å². The van der Waals surface area contributed by atoms with Gasteiger partial charge in [-0.25, -0.2) is 0 Å². The number of ether oxygens (including phenoxy) is 1. The zero-order chi connectivity index (χ0) is 11.8. The molecule has 1 rings (SSSR count). The van der Waals surface area contributed by atoms with Gasteiger partial charge in [-0.15, -0.1) is 0 Å². The second kappa shape index (κ2) is 7.28. The van der Waals surface area contributed by atoms with Gasteiger partial charge in [0.1, 0.15) is 0 Å². The summed E-state index contributed by atoms with van der Waals surface area (Å²) in [7, 11) is 1.70. The minimum atomic E-state index is 0.702. The van der Waals surface area contributed by atoms with Crippen LogP contribution in [0, 0.1) is 5.92 Å². The van der Waals surface area contributed by atoms with E-state index in [1.807, 2.05) is 17.1 Å². The summed E-state index contributed by atoms with van der Waals surface area (Å²) < 4.78 is 6.91. The molecule has 16 heavy (non-hydrogen) atoms. The molecule has 1 aromatic rings. The SMILES string of the molecule is CCC(CC)CNc1cnn(CCOC)c1. The highest BCUT2D eigenvalue weighted by molar-refractivity contribution is 5.37. The van der Waals surface area contributed by atoms with E-state index in [1.54, 1.807) is 7.11 Å². The van der Waals surface area contributed by atoms with Crippen LogP contribution in [0.2, 0.25) is 0 Å². The molecular weight excluding hydrogens is 202 g/mol. The van der Waals surface area contributed by atoms with Crippen molar-refractivity contribution < 1.29 is 4.74 Å². The molecule has 92 valence electrons. The van der Waals surface area contributed by atoms with E-state index >= 15 is 0 Å². The maximum Gasteiger partial charge on any atom is 0.0726 e. The lowest BCUT2D eigenvalue weighted by Gasteiger charge is -2.12. The van der Waals surface area contributed by atoms with Crippen molar-refractivity contribution in [2.24, 2.45) is 5.92 Å². The minimum absolute atomic E-state index is 0.702. The first-order valence-electron chi connectivity index (χ1n) is 6.05. The highest BCUT2D eigenvalue weighted by atomic mass is 16.5. The van der Waals surface area contributed by atoms with E-state index in [0.717, 1.165) is 24.7 Å². The molecule has 0 saturated heterocycles. The van der Waals surface area contributed by atoms with Gasteiger partial charge in [-0.1, -0.05) is 26.7 Å². The minimum Gasteiger partial charge on any atom is -0.383 e. The second-order valence-corrected chi connectivity index (χ2v) is 4.05. The van der Waals surface area contributed by atoms with Crippen LogP contribution in [-0.4, -0.2) is 30.0 Å². The van der Waals surface area contributed by atoms with E-state index in [9.17, 15) is 0 Å². The first kappa shape index (κ1) is 13.0. The summed E-state index contributed by atoms with van der Waals surface area (Å²) in [4.78, 5) is 0. The van der Waals surface area contributed by atoms with Crippen molar-refractivity contribution in [3.05, 3.63) is 12.4 Å². The molecule has 0 atom stereocenters. The normalized spacial score (nSPS) is 11.0. The summed E-state index contributed by atoms with van der Waals surface area (Å²) in [5, 5.41) is 7.68. The second-order valence-electron chi connectivity index (χ2n) is 4.05. The van der Waals surface area contributed by atoms with Gasteiger partial charge in [0, 0.05) is 19.9 Å². The van der Waals surface area contributed by atoms with Gasteiger partial charge in [-0.3, -0.25) is 4.68 Å². The van der Waals surface area contributed by atoms with E-state index in [0.29, 0.717) is 6.61 Å². The number of hydrogen-bond donors (Lipinski definition) is 1. The largest absolute Gasteiger partial charge is 0.383 e. The van der Waals surface area contributed by atoms with Gasteiger partial charge in [-0.05, 0) is 5.92 Å². The van der Waals surface area contributed by atoms with Crippen LogP contribution in [0.3, 0.4) is 0 Å². The molecule has 0 radical (unpaired) electrons. The van der Waals surface area contributed by atoms with Crippen LogP contribution in [0.5, 0.6) is 0 Å². The van der Waals surface area contributed by atoms with Crippen molar-refractivity contribution in [2.75, 3.05) is 25.6 Å². The molecule has 1 N–H and O–H groups in total. The summed E-state index contributed by atoms with van der Waals surface area (Å²) in [6.45, 7) is 7.01. The summed E-state index contributed by atoms with van der Waals surface area (Å²) in [6, 6.07) is 0. The third kappa shape index (κ3) is 4.23. The third-order valence-electron chi connectivity index (χ3n) is 2.91. The van der Waals surface area contributed by atoms with Crippen molar-refractivity contribution in [1.29, 1.82) is 0 Å². The van der Waals surface area contributed by atoms with Crippen molar-refractivity contribution in [1.82, 2.24) is 9.78 Å². The van der Waals surface area contributed by atoms with Crippen molar-refractivity contribution in [3.63, 3.8) is 0 Å². The van der Waals surface area contributed by atoms with Crippen LogP contribution >= 0.6 is 0 Å². The standard InChI is InChI=1S/C12H23N3O/c1-4-11(5-2)8-13-12-9-14-15(10-12)6-7-16-3/h9-11,13H,4-8H2,1-3H3. The van der Waals surface area contributed by atoms with Gasteiger partial charge >= 0.3 is 0 Å². The Balaban J connectivity index is 2.33. The molecule has 0 bridgehead atoms. The molecule has 4 heteroatoms.